The van der Waals surface area contributed by atoms with Crippen LogP contribution >= 0.6 is 0 Å². The van der Waals surface area contributed by atoms with E-state index in [2.05, 4.69) is 57.5 Å². The quantitative estimate of drug-likeness (QED) is 0.849. The van der Waals surface area contributed by atoms with Gasteiger partial charge in [-0.15, -0.1) is 0 Å². The summed E-state index contributed by atoms with van der Waals surface area (Å²) in [5.41, 5.74) is 1.34. The van der Waals surface area contributed by atoms with E-state index in [1.807, 2.05) is 24.5 Å². The normalized spacial score (nSPS) is 21.0. The van der Waals surface area contributed by atoms with Crippen molar-refractivity contribution in [3.05, 3.63) is 60.4 Å². The fourth-order valence-electron chi connectivity index (χ4n) is 3.75. The molecule has 2 aromatic rings. The number of hydrogen-bond donors (Lipinski definition) is 2. The lowest BCUT2D eigenvalue weighted by Gasteiger charge is -2.39. The van der Waals surface area contributed by atoms with Crippen LogP contribution in [0.4, 0.5) is 4.79 Å². The van der Waals surface area contributed by atoms with E-state index in [1.165, 1.54) is 12.0 Å². The average Bonchev–Trinajstić information content (AvgIpc) is 3.14. The fraction of sp³-hybridized carbons (Fsp3) is 0.450. The van der Waals surface area contributed by atoms with Gasteiger partial charge in [0.05, 0.1) is 0 Å². The summed E-state index contributed by atoms with van der Waals surface area (Å²) >= 11 is 0. The van der Waals surface area contributed by atoms with Gasteiger partial charge in [0, 0.05) is 38.1 Å². The number of nitrogens with one attached hydrogen (secondary N) is 2. The minimum Gasteiger partial charge on any atom is -0.353 e. The molecule has 2 heterocycles. The van der Waals surface area contributed by atoms with Crippen LogP contribution in [-0.2, 0) is 6.54 Å². The molecule has 0 saturated carbocycles. The Hall–Kier alpha value is -2.27. The van der Waals surface area contributed by atoms with Crippen LogP contribution in [0.3, 0.4) is 0 Å². The largest absolute Gasteiger partial charge is 0.353 e. The van der Waals surface area contributed by atoms with E-state index in [9.17, 15) is 4.79 Å². The molecule has 1 aromatic heterocycles. The molecule has 5 heteroatoms. The highest BCUT2D eigenvalue weighted by atomic mass is 16.2. The van der Waals surface area contributed by atoms with Gasteiger partial charge in [0.2, 0.25) is 0 Å². The molecule has 1 fully saturated rings. The molecule has 25 heavy (non-hydrogen) atoms. The summed E-state index contributed by atoms with van der Waals surface area (Å²) in [4.78, 5) is 14.5. The molecule has 2 N–H and O–H groups in total. The highest BCUT2D eigenvalue weighted by Crippen LogP contribution is 2.34. The number of rotatable bonds is 6. The maximum Gasteiger partial charge on any atom is 0.314 e. The van der Waals surface area contributed by atoms with E-state index >= 15 is 0 Å². The Morgan fingerprint density at radius 1 is 1.12 bits per heavy atom. The van der Waals surface area contributed by atoms with Gasteiger partial charge in [-0.05, 0) is 50.0 Å². The lowest BCUT2D eigenvalue weighted by atomic mass is 9.85. The van der Waals surface area contributed by atoms with Gasteiger partial charge < -0.3 is 15.2 Å². The Kier molecular flexibility index (Phi) is 6.12. The number of aromatic nitrogens is 1. The Bertz CT molecular complexity index is 641. The Balaban J connectivity index is 1.49. The van der Waals surface area contributed by atoms with Crippen molar-refractivity contribution < 1.29 is 4.79 Å². The van der Waals surface area contributed by atoms with E-state index < -0.39 is 0 Å². The fourth-order valence-corrected chi connectivity index (χ4v) is 3.75. The SMILES string of the molecule is CN1CCC[C@H](CNC(=O)NCCn2cccc2)[C@H]1c1ccccc1. The number of urea groups is 1. The van der Waals surface area contributed by atoms with Crippen LogP contribution in [0.15, 0.2) is 54.9 Å². The van der Waals surface area contributed by atoms with Gasteiger partial charge in [-0.1, -0.05) is 30.3 Å². The average molecular weight is 340 g/mol. The van der Waals surface area contributed by atoms with Crippen LogP contribution in [0, 0.1) is 5.92 Å². The second-order valence-corrected chi connectivity index (χ2v) is 6.80. The Morgan fingerprint density at radius 3 is 2.64 bits per heavy atom. The summed E-state index contributed by atoms with van der Waals surface area (Å²) in [5, 5.41) is 6.01. The molecule has 0 unspecified atom stereocenters. The van der Waals surface area contributed by atoms with E-state index in [1.54, 1.807) is 0 Å². The molecular formula is C20H28N4O. The summed E-state index contributed by atoms with van der Waals surface area (Å²) in [5.74, 6) is 0.441. The van der Waals surface area contributed by atoms with Gasteiger partial charge in [0.15, 0.2) is 0 Å². The summed E-state index contributed by atoms with van der Waals surface area (Å²) in [7, 11) is 2.18. The summed E-state index contributed by atoms with van der Waals surface area (Å²) < 4.78 is 2.06. The molecule has 1 aromatic carbocycles. The number of piperidine rings is 1. The molecule has 0 spiro atoms. The number of carbonyl (C=O) groups excluding carboxylic acids is 1. The van der Waals surface area contributed by atoms with Crippen LogP contribution in [-0.4, -0.2) is 42.2 Å². The number of carbonyl (C=O) groups is 1. The lowest BCUT2D eigenvalue weighted by Crippen LogP contribution is -2.44. The third-order valence-corrected chi connectivity index (χ3v) is 4.99. The van der Waals surface area contributed by atoms with E-state index in [0.29, 0.717) is 25.0 Å². The standard InChI is InChI=1S/C20H28N4O/c1-23-12-7-10-18(19(23)17-8-3-2-4-9-17)16-22-20(25)21-11-15-24-13-5-6-14-24/h2-6,8-9,13-14,18-19H,7,10-12,15-16H2,1H3,(H2,21,22,25)/t18-,19-/m1/s1. The van der Waals surface area contributed by atoms with Gasteiger partial charge in [0.25, 0.3) is 0 Å². The van der Waals surface area contributed by atoms with Crippen molar-refractivity contribution in [1.29, 1.82) is 0 Å². The maximum atomic E-state index is 12.1. The van der Waals surface area contributed by atoms with E-state index in [4.69, 9.17) is 0 Å². The number of likely N-dealkylation sites (tertiary alicyclic amines) is 1. The van der Waals surface area contributed by atoms with Crippen LogP contribution in [0.25, 0.3) is 0 Å². The first-order valence-electron chi connectivity index (χ1n) is 9.11. The highest BCUT2D eigenvalue weighted by molar-refractivity contribution is 5.73. The van der Waals surface area contributed by atoms with Crippen molar-refractivity contribution in [2.45, 2.75) is 25.4 Å². The number of benzene rings is 1. The van der Waals surface area contributed by atoms with Crippen LogP contribution in [0.1, 0.15) is 24.4 Å². The van der Waals surface area contributed by atoms with E-state index in [-0.39, 0.29) is 6.03 Å². The molecule has 1 aliphatic rings. The first kappa shape index (κ1) is 17.5. The minimum absolute atomic E-state index is 0.0767. The van der Waals surface area contributed by atoms with Crippen molar-refractivity contribution in [2.75, 3.05) is 26.7 Å². The molecule has 2 atom stereocenters. The minimum atomic E-state index is -0.0767. The molecule has 3 rings (SSSR count). The topological polar surface area (TPSA) is 49.3 Å². The predicted octanol–water partition coefficient (Wildman–Crippen LogP) is 2.87. The molecule has 5 nitrogen and oxygen atoms in total. The molecule has 0 bridgehead atoms. The number of amides is 2. The molecule has 0 aliphatic carbocycles. The Labute approximate surface area is 150 Å². The highest BCUT2D eigenvalue weighted by Gasteiger charge is 2.30. The molecule has 2 amide bonds. The first-order valence-corrected chi connectivity index (χ1v) is 9.11. The van der Waals surface area contributed by atoms with Gasteiger partial charge in [-0.3, -0.25) is 4.90 Å². The van der Waals surface area contributed by atoms with Crippen LogP contribution < -0.4 is 10.6 Å². The zero-order valence-corrected chi connectivity index (χ0v) is 14.9. The predicted molar refractivity (Wildman–Crippen MR) is 100 cm³/mol. The smallest absolute Gasteiger partial charge is 0.314 e. The van der Waals surface area contributed by atoms with Crippen LogP contribution in [0.2, 0.25) is 0 Å². The molecule has 134 valence electrons. The van der Waals surface area contributed by atoms with Crippen LogP contribution in [0.5, 0.6) is 0 Å². The summed E-state index contributed by atoms with van der Waals surface area (Å²) in [6.45, 7) is 3.24. The maximum absolute atomic E-state index is 12.1. The zero-order chi connectivity index (χ0) is 17.5. The second kappa shape index (κ2) is 8.72. The van der Waals surface area contributed by atoms with Crippen molar-refractivity contribution in [3.63, 3.8) is 0 Å². The lowest BCUT2D eigenvalue weighted by molar-refractivity contribution is 0.120. The van der Waals surface area contributed by atoms with Gasteiger partial charge >= 0.3 is 6.03 Å². The molecule has 1 aliphatic heterocycles. The molecule has 0 radical (unpaired) electrons. The summed E-state index contributed by atoms with van der Waals surface area (Å²) in [6, 6.07) is 14.9. The molecular weight excluding hydrogens is 312 g/mol. The van der Waals surface area contributed by atoms with Crippen molar-refractivity contribution in [2.24, 2.45) is 5.92 Å². The Morgan fingerprint density at radius 2 is 1.88 bits per heavy atom. The zero-order valence-electron chi connectivity index (χ0n) is 14.9. The first-order chi connectivity index (χ1) is 12.2. The third kappa shape index (κ3) is 4.86. The number of hydrogen-bond acceptors (Lipinski definition) is 2. The van der Waals surface area contributed by atoms with Gasteiger partial charge in [0.1, 0.15) is 0 Å². The van der Waals surface area contributed by atoms with Gasteiger partial charge in [-0.25, -0.2) is 4.79 Å². The third-order valence-electron chi connectivity index (χ3n) is 4.99. The van der Waals surface area contributed by atoms with Crippen molar-refractivity contribution in [3.8, 4) is 0 Å². The number of nitrogens with zero attached hydrogens (tertiary/aromatic N) is 2. The van der Waals surface area contributed by atoms with Gasteiger partial charge in [-0.2, -0.15) is 0 Å². The van der Waals surface area contributed by atoms with Crippen molar-refractivity contribution in [1.82, 2.24) is 20.1 Å². The monoisotopic (exact) mass is 340 g/mol. The molecule has 1 saturated heterocycles. The second-order valence-electron chi connectivity index (χ2n) is 6.80. The van der Waals surface area contributed by atoms with E-state index in [0.717, 1.165) is 19.5 Å². The van der Waals surface area contributed by atoms with Crippen molar-refractivity contribution >= 4 is 6.03 Å². The summed E-state index contributed by atoms with van der Waals surface area (Å²) in [6.07, 6.45) is 6.33.